The summed E-state index contributed by atoms with van der Waals surface area (Å²) in [5.41, 5.74) is 2.30. The summed E-state index contributed by atoms with van der Waals surface area (Å²) < 4.78 is 23.9. The van der Waals surface area contributed by atoms with Crippen LogP contribution in [0.15, 0.2) is 24.3 Å². The Kier molecular flexibility index (Phi) is 3.99. The number of benzene rings is 1. The fourth-order valence-electron chi connectivity index (χ4n) is 1.79. The van der Waals surface area contributed by atoms with Gasteiger partial charge in [-0.1, -0.05) is 12.1 Å². The predicted octanol–water partition coefficient (Wildman–Crippen LogP) is 0.599. The normalized spacial score (nSPS) is 11.5. The third kappa shape index (κ3) is 3.30. The molecule has 106 valence electrons. The van der Waals surface area contributed by atoms with Crippen LogP contribution in [-0.4, -0.2) is 37.1 Å². The zero-order chi connectivity index (χ0) is 14.8. The molecule has 20 heavy (non-hydrogen) atoms. The van der Waals surface area contributed by atoms with Crippen LogP contribution in [0.5, 0.6) is 0 Å². The second-order valence-corrected chi connectivity index (χ2v) is 6.51. The van der Waals surface area contributed by atoms with Gasteiger partial charge in [-0.05, 0) is 19.1 Å². The molecule has 6 nitrogen and oxygen atoms in total. The zero-order valence-corrected chi connectivity index (χ0v) is 12.1. The molecule has 7 heteroatoms. The van der Waals surface area contributed by atoms with Crippen molar-refractivity contribution in [1.29, 1.82) is 0 Å². The zero-order valence-electron chi connectivity index (χ0n) is 11.3. The highest BCUT2D eigenvalue weighted by atomic mass is 32.2. The van der Waals surface area contributed by atoms with Crippen LogP contribution in [0.2, 0.25) is 0 Å². The minimum absolute atomic E-state index is 0.288. The molecular weight excluding hydrogens is 278 g/mol. The Morgan fingerprint density at radius 1 is 1.20 bits per heavy atom. The first-order chi connectivity index (χ1) is 9.41. The molecular formula is C13H15N3O3S. The SMILES string of the molecule is CNC(=O)CS(=O)(=O)Cc1nc2ccccc2nc1C. The van der Waals surface area contributed by atoms with E-state index in [1.807, 2.05) is 18.2 Å². The van der Waals surface area contributed by atoms with Gasteiger partial charge in [0.2, 0.25) is 5.91 Å². The summed E-state index contributed by atoms with van der Waals surface area (Å²) >= 11 is 0. The van der Waals surface area contributed by atoms with Gasteiger partial charge in [-0.2, -0.15) is 0 Å². The number of para-hydroxylation sites is 2. The van der Waals surface area contributed by atoms with Gasteiger partial charge in [-0.15, -0.1) is 0 Å². The van der Waals surface area contributed by atoms with Gasteiger partial charge >= 0.3 is 0 Å². The lowest BCUT2D eigenvalue weighted by molar-refractivity contribution is -0.118. The molecule has 2 aromatic rings. The van der Waals surface area contributed by atoms with E-state index in [1.165, 1.54) is 7.05 Å². The Hall–Kier alpha value is -2.02. The van der Waals surface area contributed by atoms with Gasteiger partial charge in [-0.25, -0.2) is 18.4 Å². The van der Waals surface area contributed by atoms with Crippen LogP contribution in [0.3, 0.4) is 0 Å². The average Bonchev–Trinajstić information content (AvgIpc) is 2.38. The van der Waals surface area contributed by atoms with Crippen molar-refractivity contribution in [1.82, 2.24) is 15.3 Å². The third-order valence-corrected chi connectivity index (χ3v) is 4.24. The molecule has 0 spiro atoms. The average molecular weight is 293 g/mol. The second-order valence-electron chi connectivity index (χ2n) is 4.45. The Morgan fingerprint density at radius 2 is 1.80 bits per heavy atom. The number of aryl methyl sites for hydroxylation is 1. The van der Waals surface area contributed by atoms with Crippen molar-refractivity contribution in [3.05, 3.63) is 35.7 Å². The van der Waals surface area contributed by atoms with Crippen LogP contribution < -0.4 is 5.32 Å². The predicted molar refractivity (Wildman–Crippen MR) is 75.8 cm³/mol. The van der Waals surface area contributed by atoms with E-state index in [0.29, 0.717) is 16.9 Å². The molecule has 0 fully saturated rings. The Bertz CT molecular complexity index is 757. The van der Waals surface area contributed by atoms with Crippen molar-refractivity contribution >= 4 is 26.8 Å². The van der Waals surface area contributed by atoms with Crippen molar-refractivity contribution in [2.24, 2.45) is 0 Å². The molecule has 0 saturated heterocycles. The van der Waals surface area contributed by atoms with E-state index < -0.39 is 21.5 Å². The van der Waals surface area contributed by atoms with Gasteiger partial charge in [0.1, 0.15) is 5.75 Å². The number of carbonyl (C=O) groups excluding carboxylic acids is 1. The maximum Gasteiger partial charge on any atom is 0.234 e. The number of hydrogen-bond acceptors (Lipinski definition) is 5. The van der Waals surface area contributed by atoms with Crippen LogP contribution in [-0.2, 0) is 20.4 Å². The quantitative estimate of drug-likeness (QED) is 0.891. The van der Waals surface area contributed by atoms with Gasteiger partial charge < -0.3 is 5.32 Å². The van der Waals surface area contributed by atoms with E-state index in [1.54, 1.807) is 13.0 Å². The van der Waals surface area contributed by atoms with Crippen molar-refractivity contribution in [3.8, 4) is 0 Å². The number of nitrogens with one attached hydrogen (secondary N) is 1. The third-order valence-electron chi connectivity index (χ3n) is 2.83. The van der Waals surface area contributed by atoms with Crippen LogP contribution in [0.25, 0.3) is 11.0 Å². The number of aromatic nitrogens is 2. The van der Waals surface area contributed by atoms with Crippen molar-refractivity contribution in [3.63, 3.8) is 0 Å². The largest absolute Gasteiger partial charge is 0.358 e. The maximum atomic E-state index is 11.9. The van der Waals surface area contributed by atoms with Crippen LogP contribution in [0, 0.1) is 6.92 Å². The first-order valence-corrected chi connectivity index (χ1v) is 7.87. The first-order valence-electron chi connectivity index (χ1n) is 6.04. The summed E-state index contributed by atoms with van der Waals surface area (Å²) in [4.78, 5) is 19.8. The van der Waals surface area contributed by atoms with E-state index in [0.717, 1.165) is 5.52 Å². The van der Waals surface area contributed by atoms with Gasteiger partial charge in [0.15, 0.2) is 9.84 Å². The number of amides is 1. The maximum absolute atomic E-state index is 11.9. The summed E-state index contributed by atoms with van der Waals surface area (Å²) in [5, 5.41) is 2.30. The van der Waals surface area contributed by atoms with E-state index in [4.69, 9.17) is 0 Å². The monoisotopic (exact) mass is 293 g/mol. The highest BCUT2D eigenvalue weighted by Gasteiger charge is 2.19. The van der Waals surface area contributed by atoms with E-state index >= 15 is 0 Å². The fourth-order valence-corrected chi connectivity index (χ4v) is 3.13. The van der Waals surface area contributed by atoms with Gasteiger partial charge in [0.25, 0.3) is 0 Å². The summed E-state index contributed by atoms with van der Waals surface area (Å²) in [6.45, 7) is 1.71. The molecule has 1 aromatic heterocycles. The molecule has 0 radical (unpaired) electrons. The van der Waals surface area contributed by atoms with Gasteiger partial charge in [0, 0.05) is 7.05 Å². The topological polar surface area (TPSA) is 89.0 Å². The van der Waals surface area contributed by atoms with Crippen molar-refractivity contribution in [2.75, 3.05) is 12.8 Å². The molecule has 1 N–H and O–H groups in total. The standard InChI is InChI=1S/C13H15N3O3S/c1-9-12(7-20(18,19)8-13(17)14-2)16-11-6-4-3-5-10(11)15-9/h3-6H,7-8H2,1-2H3,(H,14,17). The van der Waals surface area contributed by atoms with Crippen LogP contribution >= 0.6 is 0 Å². The van der Waals surface area contributed by atoms with Crippen molar-refractivity contribution < 1.29 is 13.2 Å². The lowest BCUT2D eigenvalue weighted by Crippen LogP contribution is -2.28. The Morgan fingerprint density at radius 3 is 2.40 bits per heavy atom. The minimum Gasteiger partial charge on any atom is -0.358 e. The van der Waals surface area contributed by atoms with Gasteiger partial charge in [-0.3, -0.25) is 4.79 Å². The number of nitrogens with zero attached hydrogens (tertiary/aromatic N) is 2. The molecule has 0 aliphatic rings. The van der Waals surface area contributed by atoms with Gasteiger partial charge in [0.05, 0.1) is 28.2 Å². The molecule has 0 unspecified atom stereocenters. The number of fused-ring (bicyclic) bond motifs is 1. The summed E-state index contributed by atoms with van der Waals surface area (Å²) in [5.74, 6) is -1.36. The smallest absolute Gasteiger partial charge is 0.234 e. The Labute approximate surface area is 117 Å². The number of sulfone groups is 1. The molecule has 0 aliphatic carbocycles. The lowest BCUT2D eigenvalue weighted by Gasteiger charge is -2.07. The molecule has 1 heterocycles. The second kappa shape index (κ2) is 5.54. The van der Waals surface area contributed by atoms with Crippen molar-refractivity contribution in [2.45, 2.75) is 12.7 Å². The lowest BCUT2D eigenvalue weighted by atomic mass is 10.2. The van der Waals surface area contributed by atoms with Crippen LogP contribution in [0.1, 0.15) is 11.4 Å². The highest BCUT2D eigenvalue weighted by Crippen LogP contribution is 2.14. The van der Waals surface area contributed by atoms with E-state index in [-0.39, 0.29) is 5.75 Å². The fraction of sp³-hybridized carbons (Fsp3) is 0.308. The first kappa shape index (κ1) is 14.4. The molecule has 0 aliphatic heterocycles. The number of rotatable bonds is 4. The number of hydrogen-bond donors (Lipinski definition) is 1. The Balaban J connectivity index is 2.34. The molecule has 0 atom stereocenters. The molecule has 1 aromatic carbocycles. The summed E-state index contributed by atoms with van der Waals surface area (Å²) in [6, 6.07) is 7.25. The molecule has 1 amide bonds. The summed E-state index contributed by atoms with van der Waals surface area (Å²) in [7, 11) is -2.15. The summed E-state index contributed by atoms with van der Waals surface area (Å²) in [6.07, 6.45) is 0. The number of carbonyl (C=O) groups is 1. The van der Waals surface area contributed by atoms with E-state index in [2.05, 4.69) is 15.3 Å². The van der Waals surface area contributed by atoms with E-state index in [9.17, 15) is 13.2 Å². The minimum atomic E-state index is -3.55. The molecule has 0 bridgehead atoms. The molecule has 2 rings (SSSR count). The molecule has 0 saturated carbocycles. The van der Waals surface area contributed by atoms with Crippen LogP contribution in [0.4, 0.5) is 0 Å². The highest BCUT2D eigenvalue weighted by molar-refractivity contribution is 7.91.